The number of hydrogen-bond acceptors (Lipinski definition) is 6. The predicted octanol–water partition coefficient (Wildman–Crippen LogP) is 2.62. The first-order valence-corrected chi connectivity index (χ1v) is 8.78. The Morgan fingerprint density at radius 3 is 2.22 bits per heavy atom. The molecule has 0 radical (unpaired) electrons. The molecule has 2 aliphatic heterocycles. The van der Waals surface area contributed by atoms with Gasteiger partial charge in [0.1, 0.15) is 5.60 Å². The van der Waals surface area contributed by atoms with E-state index >= 15 is 0 Å². The first-order valence-electron chi connectivity index (χ1n) is 8.78. The van der Waals surface area contributed by atoms with Gasteiger partial charge in [0, 0.05) is 16.7 Å². The Kier molecular flexibility index (Phi) is 3.69. The van der Waals surface area contributed by atoms with Crippen molar-refractivity contribution in [3.63, 3.8) is 0 Å². The fourth-order valence-electron chi connectivity index (χ4n) is 4.75. The monoisotopic (exact) mass is 368 g/mol. The number of carbonyl (C=O) groups is 3. The molecular formula is C21H20O6. The van der Waals surface area contributed by atoms with Gasteiger partial charge in [-0.2, -0.15) is 0 Å². The van der Waals surface area contributed by atoms with Gasteiger partial charge in [-0.1, -0.05) is 24.3 Å². The van der Waals surface area contributed by atoms with E-state index < -0.39 is 23.1 Å². The van der Waals surface area contributed by atoms with Gasteiger partial charge < -0.3 is 14.2 Å². The highest BCUT2D eigenvalue weighted by Gasteiger charge is 2.65. The van der Waals surface area contributed by atoms with Gasteiger partial charge in [0.25, 0.3) is 0 Å². The van der Waals surface area contributed by atoms with Crippen molar-refractivity contribution in [1.29, 1.82) is 0 Å². The lowest BCUT2D eigenvalue weighted by atomic mass is 9.72. The van der Waals surface area contributed by atoms with Crippen molar-refractivity contribution >= 4 is 23.3 Å². The van der Waals surface area contributed by atoms with Gasteiger partial charge in [0.2, 0.25) is 0 Å². The van der Waals surface area contributed by atoms with Crippen LogP contribution in [0.5, 0.6) is 0 Å². The van der Waals surface area contributed by atoms with Crippen molar-refractivity contribution in [2.24, 2.45) is 0 Å². The zero-order chi connectivity index (χ0) is 19.6. The molecule has 0 spiro atoms. The normalized spacial score (nSPS) is 28.7. The summed E-state index contributed by atoms with van der Waals surface area (Å²) in [4.78, 5) is 38.1. The van der Waals surface area contributed by atoms with Crippen molar-refractivity contribution < 1.29 is 28.6 Å². The molecule has 4 rings (SSSR count). The summed E-state index contributed by atoms with van der Waals surface area (Å²) in [5.41, 5.74) is 0.634. The summed E-state index contributed by atoms with van der Waals surface area (Å²) < 4.78 is 16.3. The molecule has 0 aromatic heterocycles. The van der Waals surface area contributed by atoms with Crippen molar-refractivity contribution in [1.82, 2.24) is 0 Å². The molecule has 1 aromatic carbocycles. The Morgan fingerprint density at radius 1 is 1.00 bits per heavy atom. The Balaban J connectivity index is 2.03. The van der Waals surface area contributed by atoms with Crippen LogP contribution >= 0.6 is 0 Å². The van der Waals surface area contributed by atoms with E-state index in [4.69, 9.17) is 14.2 Å². The summed E-state index contributed by atoms with van der Waals surface area (Å²) in [5, 5.41) is 0. The lowest BCUT2D eigenvalue weighted by Crippen LogP contribution is -2.36. The molecule has 0 saturated carbocycles. The van der Waals surface area contributed by atoms with Gasteiger partial charge in [-0.15, -0.1) is 0 Å². The number of carbonyl (C=O) groups excluding carboxylic acids is 3. The number of hydrogen-bond donors (Lipinski definition) is 0. The molecule has 3 aliphatic rings. The van der Waals surface area contributed by atoms with Crippen LogP contribution in [0.2, 0.25) is 0 Å². The van der Waals surface area contributed by atoms with Gasteiger partial charge in [-0.25, -0.2) is 9.59 Å². The Morgan fingerprint density at radius 2 is 1.59 bits per heavy atom. The van der Waals surface area contributed by atoms with E-state index in [1.165, 1.54) is 14.2 Å². The quantitative estimate of drug-likeness (QED) is 0.763. The van der Waals surface area contributed by atoms with Gasteiger partial charge in [-0.3, -0.25) is 4.79 Å². The lowest BCUT2D eigenvalue weighted by molar-refractivity contribution is -0.140. The minimum absolute atomic E-state index is 0.0945. The molecule has 27 heavy (non-hydrogen) atoms. The second kappa shape index (κ2) is 5.63. The average Bonchev–Trinajstić information content (AvgIpc) is 3.24. The number of allylic oxidation sites excluding steroid dienone is 1. The second-order valence-corrected chi connectivity index (χ2v) is 7.27. The number of rotatable bonds is 3. The van der Waals surface area contributed by atoms with Crippen LogP contribution < -0.4 is 0 Å². The number of methoxy groups -OCH3 is 2. The van der Waals surface area contributed by atoms with E-state index in [2.05, 4.69) is 0 Å². The van der Waals surface area contributed by atoms with Crippen molar-refractivity contribution in [3.05, 3.63) is 52.1 Å². The zero-order valence-electron chi connectivity index (χ0n) is 15.7. The van der Waals surface area contributed by atoms with Crippen LogP contribution in [0, 0.1) is 0 Å². The highest BCUT2D eigenvalue weighted by Crippen LogP contribution is 2.61. The smallest absolute Gasteiger partial charge is 0.337 e. The average molecular weight is 368 g/mol. The Bertz CT molecular complexity index is 969. The molecule has 140 valence electrons. The van der Waals surface area contributed by atoms with E-state index in [0.717, 1.165) is 5.56 Å². The SMILES string of the molecule is COC(=O)C1=C(C(=O)OC)[C@]2(C)CC[C@@]1(C1=C(C)C(=O)c3ccccc31)O2. The molecule has 1 aliphatic carbocycles. The maximum atomic E-state index is 12.8. The van der Waals surface area contributed by atoms with Gasteiger partial charge >= 0.3 is 11.9 Å². The third kappa shape index (κ3) is 2.07. The van der Waals surface area contributed by atoms with Crippen LogP contribution in [0.25, 0.3) is 5.57 Å². The predicted molar refractivity (Wildman–Crippen MR) is 95.9 cm³/mol. The van der Waals surface area contributed by atoms with E-state index in [1.54, 1.807) is 26.0 Å². The van der Waals surface area contributed by atoms with Crippen LogP contribution in [0.1, 0.15) is 42.6 Å². The van der Waals surface area contributed by atoms with Crippen molar-refractivity contribution in [2.45, 2.75) is 37.9 Å². The summed E-state index contributed by atoms with van der Waals surface area (Å²) >= 11 is 0. The van der Waals surface area contributed by atoms with E-state index in [-0.39, 0.29) is 16.9 Å². The molecule has 1 fully saturated rings. The molecule has 2 bridgehead atoms. The number of fused-ring (bicyclic) bond motifs is 3. The third-order valence-electron chi connectivity index (χ3n) is 5.88. The Hall–Kier alpha value is -2.73. The van der Waals surface area contributed by atoms with Gasteiger partial charge in [-0.05, 0) is 32.3 Å². The zero-order valence-corrected chi connectivity index (χ0v) is 15.7. The van der Waals surface area contributed by atoms with E-state index in [9.17, 15) is 14.4 Å². The molecule has 2 heterocycles. The summed E-state index contributed by atoms with van der Waals surface area (Å²) in [6.07, 6.45) is 1.01. The molecule has 2 atom stereocenters. The highest BCUT2D eigenvalue weighted by atomic mass is 16.6. The third-order valence-corrected chi connectivity index (χ3v) is 5.88. The number of benzene rings is 1. The first-order chi connectivity index (χ1) is 12.8. The minimum Gasteiger partial charge on any atom is -0.466 e. The molecule has 0 unspecified atom stereocenters. The van der Waals surface area contributed by atoms with Crippen molar-refractivity contribution in [2.75, 3.05) is 14.2 Å². The summed E-state index contributed by atoms with van der Waals surface area (Å²) in [5.74, 6) is -1.35. The van der Waals surface area contributed by atoms with Crippen LogP contribution in [0.4, 0.5) is 0 Å². The summed E-state index contributed by atoms with van der Waals surface area (Å²) in [7, 11) is 2.53. The molecule has 1 saturated heterocycles. The molecule has 6 nitrogen and oxygen atoms in total. The number of Topliss-reactive ketones (excluding diaryl/α,β-unsaturated/α-hetero) is 1. The van der Waals surface area contributed by atoms with Crippen LogP contribution in [0.15, 0.2) is 41.0 Å². The molecule has 0 N–H and O–H groups in total. The summed E-state index contributed by atoms with van der Waals surface area (Å²) in [6, 6.07) is 7.25. The summed E-state index contributed by atoms with van der Waals surface area (Å²) in [6.45, 7) is 3.51. The van der Waals surface area contributed by atoms with Crippen LogP contribution in [-0.2, 0) is 23.8 Å². The standard InChI is InChI=1S/C21H20O6/c1-11-14(12-7-5-6-8-13(12)17(11)22)21-10-9-20(2,27-21)15(18(23)25-3)16(21)19(24)26-4/h5-8H,9-10H2,1-4H3/t20-,21-/m0/s1. The fraction of sp³-hybridized carbons (Fsp3) is 0.381. The molecular weight excluding hydrogens is 348 g/mol. The topological polar surface area (TPSA) is 78.9 Å². The van der Waals surface area contributed by atoms with Gasteiger partial charge in [0.05, 0.1) is 31.0 Å². The maximum absolute atomic E-state index is 12.8. The number of ether oxygens (including phenoxy) is 3. The molecule has 6 heteroatoms. The lowest BCUT2D eigenvalue weighted by Gasteiger charge is -2.30. The van der Waals surface area contributed by atoms with Crippen LogP contribution in [0.3, 0.4) is 0 Å². The molecule has 1 aromatic rings. The Labute approximate surface area is 156 Å². The number of ketones is 1. The number of esters is 2. The second-order valence-electron chi connectivity index (χ2n) is 7.27. The maximum Gasteiger partial charge on any atom is 0.337 e. The largest absolute Gasteiger partial charge is 0.466 e. The van der Waals surface area contributed by atoms with E-state index in [0.29, 0.717) is 29.6 Å². The van der Waals surface area contributed by atoms with Gasteiger partial charge in [0.15, 0.2) is 5.78 Å². The molecule has 0 amide bonds. The van der Waals surface area contributed by atoms with E-state index in [1.807, 2.05) is 12.1 Å². The van der Waals surface area contributed by atoms with Crippen molar-refractivity contribution in [3.8, 4) is 0 Å². The first kappa shape index (κ1) is 17.7. The fourth-order valence-corrected chi connectivity index (χ4v) is 4.75. The highest BCUT2D eigenvalue weighted by molar-refractivity contribution is 6.23. The van der Waals surface area contributed by atoms with Crippen LogP contribution in [-0.4, -0.2) is 43.1 Å². The minimum atomic E-state index is -1.20.